The molecular weight excluding hydrogens is 619 g/mol. The summed E-state index contributed by atoms with van der Waals surface area (Å²) >= 11 is 0. The van der Waals surface area contributed by atoms with Crippen molar-refractivity contribution in [3.05, 3.63) is 59.2 Å². The van der Waals surface area contributed by atoms with Crippen molar-refractivity contribution >= 4 is 33.4 Å². The van der Waals surface area contributed by atoms with Crippen LogP contribution in [0.2, 0.25) is 0 Å². The zero-order chi connectivity index (χ0) is 33.6. The van der Waals surface area contributed by atoms with Gasteiger partial charge in [0.05, 0.1) is 40.6 Å². The third kappa shape index (κ3) is 10.4. The van der Waals surface area contributed by atoms with Gasteiger partial charge in [-0.3, -0.25) is 14.9 Å². The summed E-state index contributed by atoms with van der Waals surface area (Å²) in [5.74, 6) is -2.44. The van der Waals surface area contributed by atoms with Gasteiger partial charge < -0.3 is 25.6 Å². The van der Waals surface area contributed by atoms with E-state index in [0.29, 0.717) is 30.5 Å². The number of rotatable bonds is 10. The number of sulfone groups is 1. The van der Waals surface area contributed by atoms with Gasteiger partial charge in [-0.2, -0.15) is 13.2 Å². The van der Waals surface area contributed by atoms with E-state index in [-0.39, 0.29) is 16.3 Å². The third-order valence-electron chi connectivity index (χ3n) is 7.12. The maximum absolute atomic E-state index is 13.4. The van der Waals surface area contributed by atoms with Gasteiger partial charge in [-0.05, 0) is 75.4 Å². The molecule has 0 radical (unpaired) electrons. The molecule has 0 heterocycles. The number of aliphatic hydroxyl groups is 2. The molecule has 3 amide bonds. The Hall–Kier alpha value is -3.69. The molecule has 1 unspecified atom stereocenters. The zero-order valence-electron chi connectivity index (χ0n) is 25.1. The molecule has 3 atom stereocenters. The van der Waals surface area contributed by atoms with Crippen molar-refractivity contribution in [2.45, 2.75) is 75.3 Å². The number of benzene rings is 2. The molecule has 0 saturated heterocycles. The first-order valence-electron chi connectivity index (χ1n) is 14.3. The lowest BCUT2D eigenvalue weighted by atomic mass is 9.86. The van der Waals surface area contributed by atoms with Crippen LogP contribution in [0.1, 0.15) is 74.0 Å². The quantitative estimate of drug-likeness (QED) is 0.256. The minimum absolute atomic E-state index is 0.0242. The van der Waals surface area contributed by atoms with Crippen LogP contribution in [0.3, 0.4) is 0 Å². The summed E-state index contributed by atoms with van der Waals surface area (Å²) in [6, 6.07) is 7.14. The van der Waals surface area contributed by atoms with Crippen molar-refractivity contribution in [3.8, 4) is 0 Å². The van der Waals surface area contributed by atoms with Gasteiger partial charge >= 0.3 is 12.3 Å². The third-order valence-corrected chi connectivity index (χ3v) is 8.98. The fourth-order valence-electron chi connectivity index (χ4n) is 4.92. The predicted octanol–water partition coefficient (Wildman–Crippen LogP) is 3.96. The number of hydrogen-bond acceptors (Lipinski definition) is 8. The lowest BCUT2D eigenvalue weighted by Gasteiger charge is -2.32. The van der Waals surface area contributed by atoms with Crippen LogP contribution in [-0.2, 0) is 25.5 Å². The van der Waals surface area contributed by atoms with Crippen LogP contribution in [0.5, 0.6) is 0 Å². The molecule has 3 rings (SSSR count). The fourth-order valence-corrected chi connectivity index (χ4v) is 6.63. The minimum Gasteiger partial charge on any atom is -0.444 e. The zero-order valence-corrected chi connectivity index (χ0v) is 25.9. The lowest BCUT2D eigenvalue weighted by molar-refractivity contribution is -0.137. The van der Waals surface area contributed by atoms with E-state index >= 15 is 0 Å². The first kappa shape index (κ1) is 35.8. The molecule has 1 aliphatic rings. The average molecular weight is 658 g/mol. The smallest absolute Gasteiger partial charge is 0.416 e. The fraction of sp³-hybridized carbons (Fsp3) is 0.500. The highest BCUT2D eigenvalue weighted by Gasteiger charge is 2.33. The molecule has 248 valence electrons. The molecule has 2 aromatic rings. The summed E-state index contributed by atoms with van der Waals surface area (Å²) in [5, 5.41) is 26.1. The summed E-state index contributed by atoms with van der Waals surface area (Å²) < 4.78 is 71.5. The Morgan fingerprint density at radius 2 is 1.67 bits per heavy atom. The Balaban J connectivity index is 1.68. The van der Waals surface area contributed by atoms with Crippen molar-refractivity contribution in [1.29, 1.82) is 0 Å². The first-order chi connectivity index (χ1) is 20.9. The number of aliphatic hydroxyl groups excluding tert-OH is 2. The molecule has 15 heteroatoms. The van der Waals surface area contributed by atoms with Gasteiger partial charge in [0.1, 0.15) is 11.7 Å². The molecule has 0 bridgehead atoms. The van der Waals surface area contributed by atoms with Crippen molar-refractivity contribution in [3.63, 3.8) is 0 Å². The highest BCUT2D eigenvalue weighted by atomic mass is 32.2. The van der Waals surface area contributed by atoms with Crippen molar-refractivity contribution in [2.24, 2.45) is 5.92 Å². The van der Waals surface area contributed by atoms with Crippen LogP contribution in [0.15, 0.2) is 47.4 Å². The van der Waals surface area contributed by atoms with Gasteiger partial charge in [0.2, 0.25) is 5.91 Å². The van der Waals surface area contributed by atoms with E-state index in [4.69, 9.17) is 9.84 Å². The van der Waals surface area contributed by atoms with Crippen molar-refractivity contribution < 1.29 is 50.9 Å². The second-order valence-corrected chi connectivity index (χ2v) is 13.9. The molecule has 0 aromatic heterocycles. The van der Waals surface area contributed by atoms with Gasteiger partial charge in [0.25, 0.3) is 5.91 Å². The number of alkyl halides is 3. The summed E-state index contributed by atoms with van der Waals surface area (Å²) in [5.41, 5.74) is -2.49. The van der Waals surface area contributed by atoms with E-state index in [9.17, 15) is 41.1 Å². The maximum Gasteiger partial charge on any atom is 0.416 e. The van der Waals surface area contributed by atoms with Crippen LogP contribution < -0.4 is 16.0 Å². The monoisotopic (exact) mass is 657 g/mol. The van der Waals surface area contributed by atoms with E-state index in [1.807, 2.05) is 0 Å². The molecule has 5 N–H and O–H groups in total. The van der Waals surface area contributed by atoms with Crippen molar-refractivity contribution in [1.82, 2.24) is 10.6 Å². The Bertz CT molecular complexity index is 1470. The standard InChI is InChI=1S/C30H38F3N3O8S/c1-29(2,3)44-28(41)36-24-13-10-20(30(31,32)33)14-22(24)27(40)34-15-26(39)35-23-7-5-4-6-19(23)17-45(42,43)21-11-8-18(9-12-21)25(38)16-37/h8-14,19,23,25,37-38H,4-7,15-17H2,1-3H3,(H,34,40)(H,35,39)(H,36,41)/t19-,23-,25?/m0/s1. The summed E-state index contributed by atoms with van der Waals surface area (Å²) in [6.07, 6.45) is -4.44. The van der Waals surface area contributed by atoms with Gasteiger partial charge in [-0.25, -0.2) is 13.2 Å². The molecule has 0 spiro atoms. The Morgan fingerprint density at radius 1 is 1.02 bits per heavy atom. The largest absolute Gasteiger partial charge is 0.444 e. The van der Waals surface area contributed by atoms with Gasteiger partial charge in [0.15, 0.2) is 9.84 Å². The normalized spacial score (nSPS) is 18.0. The van der Waals surface area contributed by atoms with Crippen LogP contribution in [0.25, 0.3) is 0 Å². The molecule has 1 fully saturated rings. The summed E-state index contributed by atoms with van der Waals surface area (Å²) in [4.78, 5) is 38.0. The van der Waals surface area contributed by atoms with E-state index in [0.717, 1.165) is 18.9 Å². The summed E-state index contributed by atoms with van der Waals surface area (Å²) in [7, 11) is -3.78. The number of carbonyl (C=O) groups is 3. The molecule has 1 saturated carbocycles. The number of hydrogen-bond donors (Lipinski definition) is 5. The Labute approximate surface area is 259 Å². The molecule has 1 aliphatic carbocycles. The molecular formula is C30H38F3N3O8S. The molecule has 2 aromatic carbocycles. The van der Waals surface area contributed by atoms with E-state index < -0.39 is 81.9 Å². The highest BCUT2D eigenvalue weighted by molar-refractivity contribution is 7.91. The van der Waals surface area contributed by atoms with Crippen LogP contribution in [0.4, 0.5) is 23.7 Å². The van der Waals surface area contributed by atoms with Gasteiger partial charge in [-0.15, -0.1) is 0 Å². The van der Waals surface area contributed by atoms with E-state index in [1.165, 1.54) is 24.3 Å². The van der Waals surface area contributed by atoms with Gasteiger partial charge in [0, 0.05) is 6.04 Å². The molecule has 45 heavy (non-hydrogen) atoms. The number of ether oxygens (including phenoxy) is 1. The number of halogens is 3. The minimum atomic E-state index is -4.78. The number of carbonyl (C=O) groups excluding carboxylic acids is 3. The SMILES string of the molecule is CC(C)(C)OC(=O)Nc1ccc(C(F)(F)F)cc1C(=O)NCC(=O)N[C@H]1CCCC[C@H]1CS(=O)(=O)c1ccc(C(O)CO)cc1. The number of amides is 3. The second kappa shape index (κ2) is 14.6. The van der Waals surface area contributed by atoms with Crippen LogP contribution in [0, 0.1) is 5.92 Å². The number of nitrogens with one attached hydrogen (secondary N) is 3. The van der Waals surface area contributed by atoms with E-state index in [1.54, 1.807) is 20.8 Å². The predicted molar refractivity (Wildman–Crippen MR) is 158 cm³/mol. The Morgan fingerprint density at radius 3 is 2.27 bits per heavy atom. The maximum atomic E-state index is 13.4. The topological polar surface area (TPSA) is 171 Å². The van der Waals surface area contributed by atoms with Gasteiger partial charge in [-0.1, -0.05) is 25.0 Å². The molecule has 11 nitrogen and oxygen atoms in total. The van der Waals surface area contributed by atoms with Crippen LogP contribution >= 0.6 is 0 Å². The highest BCUT2D eigenvalue weighted by Crippen LogP contribution is 2.32. The van der Waals surface area contributed by atoms with Crippen LogP contribution in [-0.4, -0.2) is 67.1 Å². The van der Waals surface area contributed by atoms with Crippen molar-refractivity contribution in [2.75, 3.05) is 24.2 Å². The number of anilines is 1. The lowest BCUT2D eigenvalue weighted by Crippen LogP contribution is -2.47. The Kier molecular flexibility index (Phi) is 11.6. The van der Waals surface area contributed by atoms with E-state index in [2.05, 4.69) is 16.0 Å². The average Bonchev–Trinajstić information content (AvgIpc) is 2.95. The molecule has 0 aliphatic heterocycles. The second-order valence-electron chi connectivity index (χ2n) is 11.8. The summed E-state index contributed by atoms with van der Waals surface area (Å²) in [6.45, 7) is 3.62. The first-order valence-corrected chi connectivity index (χ1v) is 16.0.